The number of hydrogen-bond acceptors (Lipinski definition) is 8. The molecule has 3 amide bonds. The van der Waals surface area contributed by atoms with Crippen molar-refractivity contribution >= 4 is 45.3 Å². The number of rotatable bonds is 4. The maximum atomic E-state index is 12.4. The number of anilines is 1. The number of amides is 3. The minimum Gasteiger partial charge on any atom is -0.450 e. The monoisotopic (exact) mass is 360 g/mol. The predicted molar refractivity (Wildman–Crippen MR) is 88.6 cm³/mol. The van der Waals surface area contributed by atoms with Crippen LogP contribution < -0.4 is 10.6 Å². The zero-order valence-electron chi connectivity index (χ0n) is 12.9. The molecule has 128 valence electrons. The average molecular weight is 360 g/mol. The van der Waals surface area contributed by atoms with Gasteiger partial charge in [-0.15, -0.1) is 11.3 Å². The number of carbonyl (C=O) groups excluding carboxylic acids is 3. The Morgan fingerprint density at radius 1 is 1.16 bits per heavy atom. The van der Waals surface area contributed by atoms with E-state index >= 15 is 0 Å². The summed E-state index contributed by atoms with van der Waals surface area (Å²) in [7, 11) is 0. The van der Waals surface area contributed by atoms with Gasteiger partial charge in [0, 0.05) is 5.56 Å². The molecule has 0 fully saturated rings. The first-order valence-corrected chi connectivity index (χ1v) is 8.05. The number of carbonyl (C=O) groups is 3. The van der Waals surface area contributed by atoms with E-state index in [2.05, 4.69) is 30.3 Å². The van der Waals surface area contributed by atoms with Gasteiger partial charge in [0.1, 0.15) is 16.0 Å². The van der Waals surface area contributed by atoms with E-state index in [4.69, 9.17) is 0 Å². The molecule has 0 aliphatic carbocycles. The van der Waals surface area contributed by atoms with Crippen LogP contribution in [0.25, 0.3) is 11.0 Å². The lowest BCUT2D eigenvalue weighted by molar-refractivity contribution is 0.0926. The van der Waals surface area contributed by atoms with E-state index in [1.165, 1.54) is 12.1 Å². The van der Waals surface area contributed by atoms with Gasteiger partial charge in [-0.2, -0.15) is 0 Å². The molecule has 0 aliphatic rings. The summed E-state index contributed by atoms with van der Waals surface area (Å²) in [6, 6.07) is 6.18. The molecular formula is C15H12N4O5S. The topological polar surface area (TPSA) is 123 Å². The van der Waals surface area contributed by atoms with Gasteiger partial charge < -0.3 is 10.1 Å². The summed E-state index contributed by atoms with van der Waals surface area (Å²) in [4.78, 5) is 35.8. The molecule has 25 heavy (non-hydrogen) atoms. The van der Waals surface area contributed by atoms with Gasteiger partial charge in [-0.1, -0.05) is 0 Å². The Morgan fingerprint density at radius 2 is 1.96 bits per heavy atom. The van der Waals surface area contributed by atoms with Crippen LogP contribution in [0.15, 0.2) is 34.3 Å². The average Bonchev–Trinajstić information content (AvgIpc) is 3.22. The lowest BCUT2D eigenvalue weighted by atomic mass is 10.2. The lowest BCUT2D eigenvalue weighted by Crippen LogP contribution is -2.31. The molecule has 0 bridgehead atoms. The molecule has 10 heteroatoms. The van der Waals surface area contributed by atoms with Crippen molar-refractivity contribution in [2.75, 3.05) is 11.9 Å². The highest BCUT2D eigenvalue weighted by molar-refractivity contribution is 7.14. The number of imide groups is 1. The van der Waals surface area contributed by atoms with Crippen LogP contribution in [-0.4, -0.2) is 34.8 Å². The molecule has 0 aliphatic heterocycles. The van der Waals surface area contributed by atoms with Crippen molar-refractivity contribution in [3.63, 3.8) is 0 Å². The van der Waals surface area contributed by atoms with Gasteiger partial charge in [0.15, 0.2) is 0 Å². The number of alkyl carbamates (subject to hydrolysis) is 1. The van der Waals surface area contributed by atoms with Crippen LogP contribution in [0.4, 0.5) is 9.80 Å². The first-order valence-electron chi connectivity index (χ1n) is 7.17. The van der Waals surface area contributed by atoms with Gasteiger partial charge in [0.25, 0.3) is 11.8 Å². The van der Waals surface area contributed by atoms with Crippen molar-refractivity contribution in [3.8, 4) is 0 Å². The number of benzene rings is 1. The molecule has 3 aromatic rings. The second-order valence-corrected chi connectivity index (χ2v) is 5.68. The van der Waals surface area contributed by atoms with Gasteiger partial charge in [-0.3, -0.25) is 14.9 Å². The van der Waals surface area contributed by atoms with E-state index in [0.717, 1.165) is 11.3 Å². The van der Waals surface area contributed by atoms with Crippen LogP contribution in [0.1, 0.15) is 27.6 Å². The van der Waals surface area contributed by atoms with E-state index in [1.807, 2.05) is 0 Å². The van der Waals surface area contributed by atoms with Crippen LogP contribution in [0.5, 0.6) is 0 Å². The van der Waals surface area contributed by atoms with Crippen LogP contribution in [-0.2, 0) is 4.74 Å². The quantitative estimate of drug-likeness (QED) is 0.732. The zero-order valence-corrected chi connectivity index (χ0v) is 13.8. The molecule has 0 atom stereocenters. The van der Waals surface area contributed by atoms with E-state index in [-0.39, 0.29) is 12.2 Å². The maximum Gasteiger partial charge on any atom is 0.414 e. The van der Waals surface area contributed by atoms with Crippen molar-refractivity contribution in [2.24, 2.45) is 0 Å². The van der Waals surface area contributed by atoms with E-state index < -0.39 is 17.9 Å². The SMILES string of the molecule is CCOC(=O)NC(=O)c1ccsc1NC(=O)c1ccc2nonc2c1. The third-order valence-corrected chi connectivity index (χ3v) is 3.97. The second-order valence-electron chi connectivity index (χ2n) is 4.76. The van der Waals surface area contributed by atoms with E-state index in [0.29, 0.717) is 21.6 Å². The first kappa shape index (κ1) is 16.6. The van der Waals surface area contributed by atoms with Crippen molar-refractivity contribution in [2.45, 2.75) is 6.92 Å². The third kappa shape index (κ3) is 3.63. The fourth-order valence-electron chi connectivity index (χ4n) is 2.01. The summed E-state index contributed by atoms with van der Waals surface area (Å²) in [5.41, 5.74) is 1.46. The molecule has 2 heterocycles. The van der Waals surface area contributed by atoms with E-state index in [1.54, 1.807) is 24.4 Å². The molecule has 3 rings (SSSR count). The normalized spacial score (nSPS) is 10.4. The molecule has 0 unspecified atom stereocenters. The Kier molecular flexibility index (Phi) is 4.70. The molecule has 0 saturated carbocycles. The molecule has 2 aromatic heterocycles. The minimum atomic E-state index is -0.847. The Bertz CT molecular complexity index is 948. The van der Waals surface area contributed by atoms with Gasteiger partial charge >= 0.3 is 6.09 Å². The first-order chi connectivity index (χ1) is 12.1. The molecular weight excluding hydrogens is 348 g/mol. The molecule has 9 nitrogen and oxygen atoms in total. The minimum absolute atomic E-state index is 0.145. The lowest BCUT2D eigenvalue weighted by Gasteiger charge is -2.07. The maximum absolute atomic E-state index is 12.4. The number of nitrogens with one attached hydrogen (secondary N) is 2. The number of aromatic nitrogens is 2. The largest absolute Gasteiger partial charge is 0.450 e. The Balaban J connectivity index is 1.74. The van der Waals surface area contributed by atoms with Crippen molar-refractivity contribution in [1.82, 2.24) is 15.6 Å². The second kappa shape index (κ2) is 7.09. The van der Waals surface area contributed by atoms with Crippen molar-refractivity contribution < 1.29 is 23.7 Å². The molecule has 0 saturated heterocycles. The van der Waals surface area contributed by atoms with Gasteiger partial charge in [-0.05, 0) is 46.9 Å². The third-order valence-electron chi connectivity index (χ3n) is 3.14. The fraction of sp³-hybridized carbons (Fsp3) is 0.133. The number of ether oxygens (including phenoxy) is 1. The number of thiophene rings is 1. The zero-order chi connectivity index (χ0) is 17.8. The summed E-state index contributed by atoms with van der Waals surface area (Å²) in [6.45, 7) is 1.77. The highest BCUT2D eigenvalue weighted by atomic mass is 32.1. The van der Waals surface area contributed by atoms with Gasteiger partial charge in [0.2, 0.25) is 0 Å². The van der Waals surface area contributed by atoms with Crippen LogP contribution >= 0.6 is 11.3 Å². The number of fused-ring (bicyclic) bond motifs is 1. The standard InChI is InChI=1S/C15H12N4O5S/c1-2-23-15(22)17-13(21)9-5-6-25-14(9)16-12(20)8-3-4-10-11(7-8)19-24-18-10/h3-7H,2H2,1H3,(H,16,20)(H,17,21,22). The van der Waals surface area contributed by atoms with Crippen LogP contribution in [0.2, 0.25) is 0 Å². The van der Waals surface area contributed by atoms with Crippen LogP contribution in [0, 0.1) is 0 Å². The van der Waals surface area contributed by atoms with Crippen molar-refractivity contribution in [3.05, 3.63) is 40.8 Å². The highest BCUT2D eigenvalue weighted by Crippen LogP contribution is 2.24. The number of nitrogens with zero attached hydrogens (tertiary/aromatic N) is 2. The van der Waals surface area contributed by atoms with Gasteiger partial charge in [0.05, 0.1) is 12.2 Å². The fourth-order valence-corrected chi connectivity index (χ4v) is 2.79. The molecule has 0 spiro atoms. The van der Waals surface area contributed by atoms with Gasteiger partial charge in [-0.25, -0.2) is 9.42 Å². The molecule has 2 N–H and O–H groups in total. The number of hydrogen-bond donors (Lipinski definition) is 2. The Hall–Kier alpha value is -3.27. The Morgan fingerprint density at radius 3 is 2.76 bits per heavy atom. The summed E-state index contributed by atoms with van der Waals surface area (Å²) >= 11 is 1.16. The van der Waals surface area contributed by atoms with Crippen LogP contribution in [0.3, 0.4) is 0 Å². The summed E-state index contributed by atoms with van der Waals surface area (Å²) in [5.74, 6) is -1.09. The molecule has 0 radical (unpaired) electrons. The highest BCUT2D eigenvalue weighted by Gasteiger charge is 2.18. The summed E-state index contributed by atoms with van der Waals surface area (Å²) < 4.78 is 9.24. The van der Waals surface area contributed by atoms with Crippen molar-refractivity contribution in [1.29, 1.82) is 0 Å². The Labute approximate surface area is 144 Å². The molecule has 1 aromatic carbocycles. The summed E-state index contributed by atoms with van der Waals surface area (Å²) in [6.07, 6.45) is -0.847. The summed E-state index contributed by atoms with van der Waals surface area (Å²) in [5, 5.41) is 14.0. The smallest absolute Gasteiger partial charge is 0.414 e. The predicted octanol–water partition coefficient (Wildman–Crippen LogP) is 2.42. The van der Waals surface area contributed by atoms with E-state index in [9.17, 15) is 14.4 Å².